The molecule has 18 aromatic rings. The molecular formula is C88H56O2. The minimum Gasteiger partial charge on any atom is -0.455 e. The Kier molecular flexibility index (Phi) is 7.93. The summed E-state index contributed by atoms with van der Waals surface area (Å²) in [6, 6.07) is 40.6. The largest absolute Gasteiger partial charge is 0.455 e. The van der Waals surface area contributed by atoms with Crippen molar-refractivity contribution in [3.05, 3.63) is 339 Å². The molecular weight excluding hydrogens is 1090 g/mol. The van der Waals surface area contributed by atoms with Crippen molar-refractivity contribution in [1.82, 2.24) is 0 Å². The third-order valence-corrected chi connectivity index (χ3v) is 16.4. The molecule has 18 rings (SSSR count). The second kappa shape index (κ2) is 22.1. The molecule has 2 heteroatoms. The van der Waals surface area contributed by atoms with Gasteiger partial charge in [-0.2, -0.15) is 0 Å². The van der Waals surface area contributed by atoms with Gasteiger partial charge >= 0.3 is 0 Å². The smallest absolute Gasteiger partial charge is 0.143 e. The van der Waals surface area contributed by atoms with Crippen molar-refractivity contribution in [2.24, 2.45) is 0 Å². The van der Waals surface area contributed by atoms with E-state index in [0.29, 0.717) is 44.2 Å². The number of fused-ring (bicyclic) bond motifs is 10. The van der Waals surface area contributed by atoms with Gasteiger partial charge in [-0.05, 0) is 157 Å². The molecule has 0 aliphatic carbocycles. The fraction of sp³-hybridized carbons (Fsp3) is 0. The molecule has 0 fully saturated rings. The third kappa shape index (κ3) is 8.88. The summed E-state index contributed by atoms with van der Waals surface area (Å²) in [5, 5.41) is 1.11. The predicted molar refractivity (Wildman–Crippen MR) is 381 cm³/mol. The molecule has 0 saturated heterocycles. The van der Waals surface area contributed by atoms with Crippen LogP contribution in [0.5, 0.6) is 0 Å². The Morgan fingerprint density at radius 2 is 0.533 bits per heavy atom. The molecule has 0 spiro atoms. The van der Waals surface area contributed by atoms with Gasteiger partial charge in [-0.3, -0.25) is 0 Å². The van der Waals surface area contributed by atoms with Crippen LogP contribution in [-0.2, 0) is 0 Å². The van der Waals surface area contributed by atoms with E-state index in [1.807, 2.05) is 146 Å². The van der Waals surface area contributed by atoms with Gasteiger partial charge in [0.2, 0.25) is 0 Å². The summed E-state index contributed by atoms with van der Waals surface area (Å²) in [4.78, 5) is 0. The summed E-state index contributed by atoms with van der Waals surface area (Å²) in [6.07, 6.45) is 0. The van der Waals surface area contributed by atoms with Crippen LogP contribution in [0.25, 0.3) is 176 Å². The topological polar surface area (TPSA) is 26.3 Å². The number of hydrogen-bond donors (Lipinski definition) is 0. The maximum absolute atomic E-state index is 9.33. The lowest BCUT2D eigenvalue weighted by molar-refractivity contribution is 0.670. The SMILES string of the molecule is [2H]c1c([2H])c([2H])c(-c2c3c([2H])c([2H])c([2H])c([2H])c3c(-c3ccc4oc5c(-c6ccccc6)c(-c6ccccc6)ccc5c4c3)c3c([2H])c([2H])c([2H])c([2H])c23)c([2H])c1[2H].[2H]c1c([2H])c([2H])c(-c2c3c([2H])c([2H])c([2H])c([2H])c3c(-c3ccc4oc5c(-c6ccccc6)ccc(-c6ccccc6)c5c4c3)c3c([2H])c([2H])c([2H])c([2H])c23)c([2H])c1[2H]. The highest BCUT2D eigenvalue weighted by atomic mass is 16.3. The van der Waals surface area contributed by atoms with Crippen LogP contribution in [0.3, 0.4) is 0 Å². The highest BCUT2D eigenvalue weighted by Gasteiger charge is 2.23. The minimum absolute atomic E-state index is 0.0526. The number of rotatable bonds is 8. The van der Waals surface area contributed by atoms with Crippen molar-refractivity contribution in [2.45, 2.75) is 0 Å². The van der Waals surface area contributed by atoms with E-state index in [-0.39, 0.29) is 65.3 Å². The van der Waals surface area contributed by atoms with Crippen LogP contribution in [0, 0.1) is 0 Å². The lowest BCUT2D eigenvalue weighted by Crippen LogP contribution is -1.90. The molecule has 0 saturated carbocycles. The summed E-state index contributed by atoms with van der Waals surface area (Å²) in [5.74, 6) is 0. The van der Waals surface area contributed by atoms with E-state index >= 15 is 0 Å². The van der Waals surface area contributed by atoms with Gasteiger partial charge in [0, 0.05) is 32.7 Å². The van der Waals surface area contributed by atoms with Crippen LogP contribution in [-0.4, -0.2) is 0 Å². The Balaban J connectivity index is 0.000000167. The van der Waals surface area contributed by atoms with Gasteiger partial charge in [0.05, 0.1) is 35.6 Å². The molecule has 420 valence electrons. The van der Waals surface area contributed by atoms with Gasteiger partial charge in [-0.25, -0.2) is 0 Å². The highest BCUT2D eigenvalue weighted by Crippen LogP contribution is 2.50. The van der Waals surface area contributed by atoms with Gasteiger partial charge in [0.25, 0.3) is 0 Å². The van der Waals surface area contributed by atoms with Crippen LogP contribution in [0.15, 0.2) is 348 Å². The van der Waals surface area contributed by atoms with Gasteiger partial charge in [0.15, 0.2) is 0 Å². The van der Waals surface area contributed by atoms with Crippen LogP contribution in [0.4, 0.5) is 0 Å². The second-order valence-electron chi connectivity index (χ2n) is 21.3. The molecule has 0 amide bonds. The predicted octanol–water partition coefficient (Wildman–Crippen LogP) is 25.1. The molecule has 90 heavy (non-hydrogen) atoms. The Hall–Kier alpha value is -11.8. The van der Waals surface area contributed by atoms with Crippen molar-refractivity contribution in [3.63, 3.8) is 0 Å². The standard InChI is InChI=1S/2C44H28O/c1-4-14-29(15-5-1)33-25-26-34(30-16-6-2-7-17-30)44-43(33)39-28-32(24-27-40(39)45-44)42-37-22-12-10-20-35(37)41(31-18-8-3-9-19-31)36-21-11-13-23-38(36)42;1-4-14-29(15-5-1)33-25-26-38-39-28-32(24-27-40(39)45-44(38)43(33)31-18-8-3-9-19-31)42-36-22-12-10-20-34(36)41(30-16-6-2-7-17-30)35-21-11-13-23-37(35)42/h2*1-28H/i3D,8D,9D,10D,11D,12D,13D,18D,19D,20D,21D,22D,23D;2D,6D,7D,10D,11D,12D,13D,16D,17D,20D,21D,22D,23D. The molecule has 0 radical (unpaired) electrons. The molecule has 0 aliphatic heterocycles. The molecule has 2 aromatic heterocycles. The fourth-order valence-corrected chi connectivity index (χ4v) is 12.6. The van der Waals surface area contributed by atoms with E-state index in [4.69, 9.17) is 33.5 Å². The lowest BCUT2D eigenvalue weighted by atomic mass is 9.85. The van der Waals surface area contributed by atoms with Gasteiger partial charge in [0.1, 0.15) is 22.3 Å². The normalized spacial score (nSPS) is 15.6. The van der Waals surface area contributed by atoms with E-state index in [9.17, 15) is 11.0 Å². The van der Waals surface area contributed by atoms with Crippen molar-refractivity contribution in [1.29, 1.82) is 0 Å². The molecule has 2 nitrogen and oxygen atoms in total. The summed E-state index contributed by atoms with van der Waals surface area (Å²) in [7, 11) is 0. The van der Waals surface area contributed by atoms with Crippen LogP contribution < -0.4 is 0 Å². The fourth-order valence-electron chi connectivity index (χ4n) is 12.6. The quantitative estimate of drug-likeness (QED) is 0.142. The zero-order chi connectivity index (χ0) is 82.1. The average Bonchev–Trinajstić information content (AvgIpc) is 0.871. The average molecular weight is 1170 g/mol. The Bertz CT molecular complexity index is 7150. The summed E-state index contributed by atoms with van der Waals surface area (Å²) in [6.45, 7) is 0. The molecule has 0 bridgehead atoms. The highest BCUT2D eigenvalue weighted by molar-refractivity contribution is 6.25. The first-order valence-electron chi connectivity index (χ1n) is 41.8. The monoisotopic (exact) mass is 1170 g/mol. The Labute approximate surface area is 558 Å². The van der Waals surface area contributed by atoms with Gasteiger partial charge in [-0.1, -0.05) is 303 Å². The zero-order valence-corrected chi connectivity index (χ0v) is 47.1. The lowest BCUT2D eigenvalue weighted by Gasteiger charge is -2.17. The van der Waals surface area contributed by atoms with Crippen molar-refractivity contribution < 1.29 is 44.5 Å². The van der Waals surface area contributed by atoms with E-state index in [1.54, 1.807) is 36.4 Å². The van der Waals surface area contributed by atoms with E-state index < -0.39 is 168 Å². The van der Waals surface area contributed by atoms with E-state index in [1.165, 1.54) is 0 Å². The minimum atomic E-state index is -0.718. The van der Waals surface area contributed by atoms with Crippen molar-refractivity contribution in [2.75, 3.05) is 0 Å². The van der Waals surface area contributed by atoms with E-state index in [0.717, 1.165) is 55.3 Å². The maximum Gasteiger partial charge on any atom is 0.143 e. The molecule has 0 N–H and O–H groups in total. The molecule has 0 atom stereocenters. The summed E-state index contributed by atoms with van der Waals surface area (Å²) in [5.41, 5.74) is 8.57. The third-order valence-electron chi connectivity index (χ3n) is 16.4. The van der Waals surface area contributed by atoms with Crippen LogP contribution in [0.2, 0.25) is 0 Å². The first-order valence-corrected chi connectivity index (χ1v) is 28.8. The second-order valence-corrected chi connectivity index (χ2v) is 21.3. The van der Waals surface area contributed by atoms with Gasteiger partial charge in [-0.15, -0.1) is 0 Å². The first kappa shape index (κ1) is 32.2. The van der Waals surface area contributed by atoms with Gasteiger partial charge < -0.3 is 8.83 Å². The number of benzene rings is 16. The molecule has 2 heterocycles. The maximum atomic E-state index is 9.33. The van der Waals surface area contributed by atoms with Crippen molar-refractivity contribution in [3.8, 4) is 89.0 Å². The van der Waals surface area contributed by atoms with Crippen molar-refractivity contribution >= 4 is 87.0 Å². The molecule has 0 unspecified atom stereocenters. The molecule has 16 aromatic carbocycles. The van der Waals surface area contributed by atoms with Crippen LogP contribution >= 0.6 is 0 Å². The summed E-state index contributed by atoms with van der Waals surface area (Å²) < 4.78 is 243. The molecule has 0 aliphatic rings. The number of hydrogen-bond acceptors (Lipinski definition) is 2. The first-order chi connectivity index (χ1) is 55.5. The summed E-state index contributed by atoms with van der Waals surface area (Å²) >= 11 is 0. The number of furan rings is 2. The Morgan fingerprint density at radius 3 is 0.978 bits per heavy atom. The zero-order valence-electron chi connectivity index (χ0n) is 73.1. The van der Waals surface area contributed by atoms with E-state index in [2.05, 4.69) is 0 Å². The Morgan fingerprint density at radius 1 is 0.200 bits per heavy atom. The van der Waals surface area contributed by atoms with Crippen LogP contribution in [0.1, 0.15) is 35.6 Å².